The minimum atomic E-state index is -2.58. The summed E-state index contributed by atoms with van der Waals surface area (Å²) in [6.45, 7) is 16.1. The first-order chi connectivity index (χ1) is 18.4. The van der Waals surface area contributed by atoms with Crippen LogP contribution in [-0.2, 0) is 66.7 Å². The molecule has 0 amide bonds. The van der Waals surface area contributed by atoms with Crippen molar-refractivity contribution in [1.82, 2.24) is 0 Å². The molecular weight excluding hydrogens is 627 g/mol. The molecule has 0 heterocycles. The largest absolute Gasteiger partial charge is 4.00 e. The molecule has 0 unspecified atom stereocenters. The number of halogens is 3. The maximum atomic E-state index is 2.57. The predicted octanol–water partition coefficient (Wildman–Crippen LogP) is -2.27. The minimum absolute atomic E-state index is 0. The van der Waals surface area contributed by atoms with Crippen LogP contribution in [0.25, 0.3) is 0 Å². The quantitative estimate of drug-likeness (QED) is 0.0959. The second kappa shape index (κ2) is 18.6. The molecule has 0 N–H and O–H groups in total. The van der Waals surface area contributed by atoms with Crippen LogP contribution in [0.15, 0.2) is 72.8 Å². The van der Waals surface area contributed by atoms with E-state index in [9.17, 15) is 0 Å². The van der Waals surface area contributed by atoms with Crippen molar-refractivity contribution < 1.29 is 58.9 Å². The molecule has 0 aliphatic rings. The number of hydrogen-bond acceptors (Lipinski definition) is 0. The van der Waals surface area contributed by atoms with E-state index in [4.69, 9.17) is 0 Å². The fraction of sp³-hybridized carbons (Fsp3) is 0.378. The van der Waals surface area contributed by atoms with Crippen LogP contribution in [0.5, 0.6) is 0 Å². The Hall–Kier alpha value is -1.19. The van der Waals surface area contributed by atoms with Gasteiger partial charge in [-0.1, -0.05) is 125 Å². The first-order valence-electron chi connectivity index (χ1n) is 15.1. The van der Waals surface area contributed by atoms with E-state index in [2.05, 4.69) is 121 Å². The van der Waals surface area contributed by atoms with Crippen LogP contribution in [0.4, 0.5) is 0 Å². The first-order valence-corrected chi connectivity index (χ1v) is 17.1. The van der Waals surface area contributed by atoms with Crippen LogP contribution in [-0.4, -0.2) is 8.07 Å². The Morgan fingerprint density at radius 2 is 0.690 bits per heavy atom. The zero-order chi connectivity index (χ0) is 27.3. The molecule has 0 saturated carbocycles. The summed E-state index contributed by atoms with van der Waals surface area (Å²) in [6, 6.07) is 30.1. The minimum Gasteiger partial charge on any atom is -1.00 e. The van der Waals surface area contributed by atoms with Crippen LogP contribution in [0.2, 0.25) is 0 Å². The molecule has 0 atom stereocenters. The van der Waals surface area contributed by atoms with Crippen LogP contribution >= 0.6 is 0 Å². The van der Waals surface area contributed by atoms with Crippen molar-refractivity contribution in [2.45, 2.75) is 93.4 Å². The summed E-state index contributed by atoms with van der Waals surface area (Å²) in [5.41, 5.74) is 10.2. The normalized spacial score (nSPS) is 10.6. The van der Waals surface area contributed by atoms with E-state index in [0.29, 0.717) is 0 Å². The maximum Gasteiger partial charge on any atom is 4.00 e. The molecule has 42 heavy (non-hydrogen) atoms. The molecule has 0 aromatic heterocycles. The van der Waals surface area contributed by atoms with Gasteiger partial charge in [-0.15, -0.1) is 5.19 Å². The van der Waals surface area contributed by atoms with Crippen molar-refractivity contribution in [2.24, 2.45) is 0 Å². The van der Waals surface area contributed by atoms with Crippen molar-refractivity contribution in [3.8, 4) is 0 Å². The van der Waals surface area contributed by atoms with Crippen molar-refractivity contribution in [3.63, 3.8) is 0 Å². The van der Waals surface area contributed by atoms with Gasteiger partial charge in [0.05, 0.1) is 0 Å². The Labute approximate surface area is 291 Å². The van der Waals surface area contributed by atoms with Crippen molar-refractivity contribution in [1.29, 1.82) is 0 Å². The zero-order valence-corrected chi connectivity index (χ0v) is 31.3. The van der Waals surface area contributed by atoms with Crippen molar-refractivity contribution in [3.05, 3.63) is 112 Å². The molecule has 0 spiro atoms. The number of benzene rings is 3. The Morgan fingerprint density at radius 1 is 0.429 bits per heavy atom. The number of aryl methyl sites for hydroxylation is 7. The van der Waals surface area contributed by atoms with Gasteiger partial charge in [-0.2, -0.15) is 17.7 Å². The van der Waals surface area contributed by atoms with Crippen molar-refractivity contribution in [2.75, 3.05) is 0 Å². The van der Waals surface area contributed by atoms with Crippen LogP contribution < -0.4 is 58.0 Å². The molecular formula is C37H47Cl3SiTi. The van der Waals surface area contributed by atoms with E-state index in [-0.39, 0.29) is 58.9 Å². The van der Waals surface area contributed by atoms with Crippen LogP contribution in [0, 0.1) is 0 Å². The third-order valence-corrected chi connectivity index (χ3v) is 13.2. The standard InChI is InChI=1S/C37H47Si.3ClH.Ti/c1-8-27-15-16-34(20-27)38(35-21-28(9-2)17-29(10-3)22-35,36-23-30(11-4)18-31(12-5)24-36)37-25-32(13-6)19-33(14-7)26-37;;;;/h15-26H,8-14H2,1-7H3;3*1H;/q-1;;;;+4/p-3. The summed E-state index contributed by atoms with van der Waals surface area (Å²) < 4.78 is 0. The average molecular weight is 674 g/mol. The maximum absolute atomic E-state index is 2.58. The van der Waals surface area contributed by atoms with Gasteiger partial charge in [0, 0.05) is 0 Å². The number of rotatable bonds is 11. The van der Waals surface area contributed by atoms with Crippen molar-refractivity contribution >= 4 is 28.8 Å². The Balaban J connectivity index is 0.00000420. The molecule has 0 fully saturated rings. The first kappa shape index (κ1) is 40.8. The molecule has 0 nitrogen and oxygen atoms in total. The molecule has 0 radical (unpaired) electrons. The smallest absolute Gasteiger partial charge is 1.00 e. The fourth-order valence-electron chi connectivity index (χ4n) is 6.11. The van der Waals surface area contributed by atoms with Gasteiger partial charge in [0.2, 0.25) is 0 Å². The van der Waals surface area contributed by atoms with Gasteiger partial charge in [-0.3, -0.25) is 0 Å². The van der Waals surface area contributed by atoms with E-state index < -0.39 is 8.07 Å². The van der Waals surface area contributed by atoms with Crippen LogP contribution in [0.3, 0.4) is 0 Å². The second-order valence-electron chi connectivity index (χ2n) is 10.8. The molecule has 0 saturated heterocycles. The van der Waals surface area contributed by atoms with E-state index in [1.807, 2.05) is 0 Å². The number of hydrogen-bond donors (Lipinski definition) is 0. The Bertz CT molecular complexity index is 1190. The molecule has 224 valence electrons. The summed E-state index contributed by atoms with van der Waals surface area (Å²) >= 11 is 0. The summed E-state index contributed by atoms with van der Waals surface area (Å²) in [5.74, 6) is 0. The molecule has 0 bridgehead atoms. The summed E-state index contributed by atoms with van der Waals surface area (Å²) in [6.07, 6.45) is 7.47. The average Bonchev–Trinajstić information content (AvgIpc) is 3.46. The van der Waals surface area contributed by atoms with Gasteiger partial charge in [0.15, 0.2) is 0 Å². The van der Waals surface area contributed by atoms with E-state index in [1.165, 1.54) is 44.1 Å². The fourth-order valence-corrected chi connectivity index (χ4v) is 11.3. The third-order valence-electron chi connectivity index (χ3n) is 8.57. The summed E-state index contributed by atoms with van der Waals surface area (Å²) in [4.78, 5) is 0. The predicted molar refractivity (Wildman–Crippen MR) is 171 cm³/mol. The Kier molecular flexibility index (Phi) is 18.1. The third kappa shape index (κ3) is 8.29. The molecule has 0 aliphatic heterocycles. The second-order valence-corrected chi connectivity index (χ2v) is 14.7. The molecule has 4 aromatic rings. The van der Waals surface area contributed by atoms with E-state index in [1.54, 1.807) is 15.6 Å². The molecule has 0 aliphatic carbocycles. The van der Waals surface area contributed by atoms with Gasteiger partial charge in [0.1, 0.15) is 8.07 Å². The van der Waals surface area contributed by atoms with Gasteiger partial charge in [-0.05, 0) is 71.9 Å². The summed E-state index contributed by atoms with van der Waals surface area (Å²) in [5, 5.41) is 6.18. The van der Waals surface area contributed by atoms with Gasteiger partial charge >= 0.3 is 21.7 Å². The van der Waals surface area contributed by atoms with Gasteiger partial charge in [-0.25, -0.2) is 6.07 Å². The molecule has 4 aromatic carbocycles. The van der Waals surface area contributed by atoms with Gasteiger partial charge in [0.25, 0.3) is 0 Å². The van der Waals surface area contributed by atoms with E-state index >= 15 is 0 Å². The molecule has 5 heteroatoms. The van der Waals surface area contributed by atoms with Crippen LogP contribution in [0.1, 0.15) is 87.4 Å². The monoisotopic (exact) mass is 672 g/mol. The molecule has 4 rings (SSSR count). The SMILES string of the molecule is CCc1cc(CC)cc([Si](c2cc(CC)cc(CC)c2)(c2cc(CC)cc(CC)c2)[c-]2ccc(CC)c2)c1.[Cl-].[Cl-].[Cl-].[Ti+4]. The zero-order valence-electron chi connectivity index (χ0n) is 26.5. The summed E-state index contributed by atoms with van der Waals surface area (Å²) in [7, 11) is -2.58. The topological polar surface area (TPSA) is 0 Å². The Morgan fingerprint density at radius 3 is 0.905 bits per heavy atom. The van der Waals surface area contributed by atoms with Gasteiger partial charge < -0.3 is 37.2 Å². The van der Waals surface area contributed by atoms with E-state index in [0.717, 1.165) is 44.9 Å².